The largest absolute Gasteiger partial charge is 0.264 e. The van der Waals surface area contributed by atoms with Gasteiger partial charge in [-0.05, 0) is 127 Å². The van der Waals surface area contributed by atoms with Crippen LogP contribution in [0.25, 0.3) is 66.1 Å². The van der Waals surface area contributed by atoms with Crippen LogP contribution in [0, 0.1) is 0 Å². The van der Waals surface area contributed by atoms with Crippen molar-refractivity contribution < 1.29 is 0 Å². The zero-order chi connectivity index (χ0) is 31.5. The Morgan fingerprint density at radius 3 is 1.38 bits per heavy atom. The number of pyridine rings is 1. The molecule has 0 N–H and O–H groups in total. The SMILES string of the molecule is c1ccc2c(c1)-c1ccc(-c3c4ccccc4c(-c4ccc5c(c4)C4(CCCC4)c4ccccc4-5)c4cnccc34)cc1C21CCCC1. The van der Waals surface area contributed by atoms with E-state index in [-0.39, 0.29) is 10.8 Å². The maximum Gasteiger partial charge on any atom is 0.0353 e. The minimum absolute atomic E-state index is 0.143. The van der Waals surface area contributed by atoms with Gasteiger partial charge in [-0.3, -0.25) is 4.98 Å². The lowest BCUT2D eigenvalue weighted by Crippen LogP contribution is -2.20. The first-order valence-electron chi connectivity index (χ1n) is 18.0. The normalized spacial score (nSPS) is 17.7. The van der Waals surface area contributed by atoms with E-state index in [1.54, 1.807) is 11.1 Å². The van der Waals surface area contributed by atoms with Gasteiger partial charge in [-0.15, -0.1) is 0 Å². The van der Waals surface area contributed by atoms with Crippen LogP contribution in [0.4, 0.5) is 0 Å². The maximum atomic E-state index is 4.76. The number of benzene rings is 6. The molecule has 0 radical (unpaired) electrons. The number of rotatable bonds is 2. The molecule has 0 atom stereocenters. The van der Waals surface area contributed by atoms with Gasteiger partial charge < -0.3 is 0 Å². The van der Waals surface area contributed by atoms with Crippen molar-refractivity contribution in [2.24, 2.45) is 0 Å². The molecule has 0 amide bonds. The van der Waals surface area contributed by atoms with Crippen LogP contribution in [-0.2, 0) is 10.8 Å². The average molecular weight is 616 g/mol. The van der Waals surface area contributed by atoms with Gasteiger partial charge in [0.15, 0.2) is 0 Å². The fourth-order valence-electron chi connectivity index (χ4n) is 10.9. The van der Waals surface area contributed by atoms with Gasteiger partial charge in [-0.25, -0.2) is 0 Å². The third-order valence-electron chi connectivity index (χ3n) is 12.9. The fourth-order valence-corrected chi connectivity index (χ4v) is 10.9. The highest BCUT2D eigenvalue weighted by Crippen LogP contribution is 2.59. The summed E-state index contributed by atoms with van der Waals surface area (Å²) in [5, 5.41) is 5.15. The van der Waals surface area contributed by atoms with E-state index >= 15 is 0 Å². The molecule has 2 saturated carbocycles. The van der Waals surface area contributed by atoms with Crippen molar-refractivity contribution in [3.63, 3.8) is 0 Å². The van der Waals surface area contributed by atoms with Crippen LogP contribution in [-0.4, -0.2) is 4.98 Å². The second kappa shape index (κ2) is 9.77. The molecule has 6 aromatic carbocycles. The zero-order valence-corrected chi connectivity index (χ0v) is 27.2. The molecule has 230 valence electrons. The van der Waals surface area contributed by atoms with Crippen LogP contribution in [0.1, 0.15) is 73.6 Å². The molecule has 4 aliphatic carbocycles. The van der Waals surface area contributed by atoms with Crippen LogP contribution in [0.5, 0.6) is 0 Å². The van der Waals surface area contributed by atoms with Gasteiger partial charge in [-0.1, -0.05) is 123 Å². The molecule has 7 aromatic rings. The van der Waals surface area contributed by atoms with Crippen molar-refractivity contribution in [1.82, 2.24) is 4.98 Å². The van der Waals surface area contributed by atoms with Gasteiger partial charge in [-0.2, -0.15) is 0 Å². The second-order valence-corrected chi connectivity index (χ2v) is 14.9. The maximum absolute atomic E-state index is 4.76. The standard InChI is InChI=1S/C47H37N/c1-2-14-37-36(13-1)44(30-17-19-34-32-11-3-5-15-40(32)46(42(34)27-30)22-7-8-23-46)38-21-26-48-29-39(38)45(37)31-18-20-35-33-12-4-6-16-41(33)47(43(35)28-31)24-9-10-25-47/h1-6,11-21,26-29H,7-10,22-25H2. The predicted octanol–water partition coefficient (Wildman–Crippen LogP) is 12.4. The quantitative estimate of drug-likeness (QED) is 0.176. The van der Waals surface area contributed by atoms with Gasteiger partial charge in [0.05, 0.1) is 0 Å². The monoisotopic (exact) mass is 615 g/mol. The molecule has 1 aromatic heterocycles. The Labute approximate surface area is 282 Å². The van der Waals surface area contributed by atoms with Crippen LogP contribution >= 0.6 is 0 Å². The first-order chi connectivity index (χ1) is 23.8. The van der Waals surface area contributed by atoms with Crippen molar-refractivity contribution in [1.29, 1.82) is 0 Å². The van der Waals surface area contributed by atoms with Gasteiger partial charge in [0, 0.05) is 28.6 Å². The van der Waals surface area contributed by atoms with Crippen molar-refractivity contribution in [3.8, 4) is 44.5 Å². The summed E-state index contributed by atoms with van der Waals surface area (Å²) < 4.78 is 0. The van der Waals surface area contributed by atoms with E-state index in [4.69, 9.17) is 4.98 Å². The Morgan fingerprint density at radius 2 is 0.833 bits per heavy atom. The molecular weight excluding hydrogens is 579 g/mol. The van der Waals surface area contributed by atoms with Gasteiger partial charge in [0.2, 0.25) is 0 Å². The molecule has 2 spiro atoms. The third kappa shape index (κ3) is 3.39. The van der Waals surface area contributed by atoms with E-state index < -0.39 is 0 Å². The lowest BCUT2D eigenvalue weighted by Gasteiger charge is -2.27. The Balaban J connectivity index is 1.16. The lowest BCUT2D eigenvalue weighted by molar-refractivity contribution is 0.550. The summed E-state index contributed by atoms with van der Waals surface area (Å²) in [6.07, 6.45) is 14.3. The van der Waals surface area contributed by atoms with E-state index in [9.17, 15) is 0 Å². The molecule has 0 bridgehead atoms. The van der Waals surface area contributed by atoms with E-state index in [1.807, 2.05) is 6.20 Å². The summed E-state index contributed by atoms with van der Waals surface area (Å²) in [5.74, 6) is 0. The molecule has 4 aliphatic rings. The number of nitrogens with zero attached hydrogens (tertiary/aromatic N) is 1. The van der Waals surface area contributed by atoms with E-state index in [1.165, 1.54) is 129 Å². The Hall–Kier alpha value is -5.01. The van der Waals surface area contributed by atoms with E-state index in [2.05, 4.69) is 121 Å². The van der Waals surface area contributed by atoms with Crippen LogP contribution in [0.3, 0.4) is 0 Å². The van der Waals surface area contributed by atoms with Crippen LogP contribution in [0.15, 0.2) is 128 Å². The Kier molecular flexibility index (Phi) is 5.49. The minimum atomic E-state index is 0.143. The van der Waals surface area contributed by atoms with Crippen molar-refractivity contribution in [3.05, 3.63) is 150 Å². The summed E-state index contributed by atoms with van der Waals surface area (Å²) in [6.45, 7) is 0. The first-order valence-corrected chi connectivity index (χ1v) is 18.0. The summed E-state index contributed by atoms with van der Waals surface area (Å²) in [7, 11) is 0. The van der Waals surface area contributed by atoms with E-state index in [0.29, 0.717) is 0 Å². The van der Waals surface area contributed by atoms with E-state index in [0.717, 1.165) is 0 Å². The number of aromatic nitrogens is 1. The topological polar surface area (TPSA) is 12.9 Å². The summed E-state index contributed by atoms with van der Waals surface area (Å²) >= 11 is 0. The second-order valence-electron chi connectivity index (χ2n) is 14.9. The molecule has 1 heterocycles. The fraction of sp³-hybridized carbons (Fsp3) is 0.213. The summed E-state index contributed by atoms with van der Waals surface area (Å²) in [6, 6.07) is 44.5. The first kappa shape index (κ1) is 27.0. The Morgan fingerprint density at radius 1 is 0.396 bits per heavy atom. The summed E-state index contributed by atoms with van der Waals surface area (Å²) in [4.78, 5) is 4.76. The molecule has 2 fully saturated rings. The van der Waals surface area contributed by atoms with Crippen molar-refractivity contribution in [2.45, 2.75) is 62.2 Å². The highest BCUT2D eigenvalue weighted by Gasteiger charge is 2.46. The molecule has 1 nitrogen and oxygen atoms in total. The number of hydrogen-bond donors (Lipinski definition) is 0. The van der Waals surface area contributed by atoms with Crippen LogP contribution < -0.4 is 0 Å². The lowest BCUT2D eigenvalue weighted by atomic mass is 9.75. The molecule has 0 aliphatic heterocycles. The Bertz CT molecular complexity index is 2240. The number of hydrogen-bond acceptors (Lipinski definition) is 1. The molecule has 0 unspecified atom stereocenters. The van der Waals surface area contributed by atoms with Crippen LogP contribution in [0.2, 0.25) is 0 Å². The van der Waals surface area contributed by atoms with Gasteiger partial charge in [0.1, 0.15) is 0 Å². The summed E-state index contributed by atoms with van der Waals surface area (Å²) in [5.41, 5.74) is 17.5. The molecule has 1 heteroatoms. The minimum Gasteiger partial charge on any atom is -0.264 e. The molecule has 11 rings (SSSR count). The van der Waals surface area contributed by atoms with Gasteiger partial charge in [0.25, 0.3) is 0 Å². The van der Waals surface area contributed by atoms with Crippen molar-refractivity contribution in [2.75, 3.05) is 0 Å². The predicted molar refractivity (Wildman–Crippen MR) is 199 cm³/mol. The molecule has 0 saturated heterocycles. The molecular formula is C47H37N. The third-order valence-corrected chi connectivity index (χ3v) is 12.9. The molecule has 48 heavy (non-hydrogen) atoms. The van der Waals surface area contributed by atoms with Crippen molar-refractivity contribution >= 4 is 21.5 Å². The van der Waals surface area contributed by atoms with Gasteiger partial charge >= 0.3 is 0 Å². The zero-order valence-electron chi connectivity index (χ0n) is 27.2. The average Bonchev–Trinajstić information content (AvgIpc) is 3.95. The highest BCUT2D eigenvalue weighted by atomic mass is 14.6. The number of fused-ring (bicyclic) bond motifs is 12. The smallest absolute Gasteiger partial charge is 0.0353 e. The highest BCUT2D eigenvalue weighted by molar-refractivity contribution is 6.21.